The Bertz CT molecular complexity index is 1280. The zero-order valence-electron chi connectivity index (χ0n) is 15.9. The Morgan fingerprint density at radius 1 is 0.933 bits per heavy atom. The number of methoxy groups -OCH3 is 1. The Kier molecular flexibility index (Phi) is 5.41. The third-order valence-electron chi connectivity index (χ3n) is 4.44. The number of hydrogen-bond acceptors (Lipinski definition) is 4. The number of anilines is 2. The van der Waals surface area contributed by atoms with Crippen LogP contribution in [0.2, 0.25) is 5.02 Å². The van der Waals surface area contributed by atoms with Gasteiger partial charge in [0, 0.05) is 28.0 Å². The van der Waals surface area contributed by atoms with E-state index in [4.69, 9.17) is 20.8 Å². The molecule has 6 nitrogen and oxygen atoms in total. The van der Waals surface area contributed by atoms with Gasteiger partial charge in [-0.25, -0.2) is 4.79 Å². The van der Waals surface area contributed by atoms with Crippen LogP contribution in [-0.2, 0) is 0 Å². The summed E-state index contributed by atoms with van der Waals surface area (Å²) in [6.45, 7) is 0. The number of hydrogen-bond donors (Lipinski definition) is 2. The summed E-state index contributed by atoms with van der Waals surface area (Å²) in [5.41, 5.74) is 2.21. The SMILES string of the molecule is COc1ccc2oc(-c3ccc(NC(=O)Nc4cccc(Cl)c4)cc3)cc(=O)c2c1. The number of benzene rings is 3. The summed E-state index contributed by atoms with van der Waals surface area (Å²) in [5.74, 6) is 1.03. The molecule has 0 saturated heterocycles. The summed E-state index contributed by atoms with van der Waals surface area (Å²) >= 11 is 5.92. The molecule has 0 unspecified atom stereocenters. The van der Waals surface area contributed by atoms with Gasteiger partial charge in [0.1, 0.15) is 17.1 Å². The minimum atomic E-state index is -0.392. The largest absolute Gasteiger partial charge is 0.497 e. The molecule has 0 aliphatic carbocycles. The highest BCUT2D eigenvalue weighted by Crippen LogP contribution is 2.25. The van der Waals surface area contributed by atoms with Gasteiger partial charge in [0.05, 0.1) is 12.5 Å². The van der Waals surface area contributed by atoms with E-state index < -0.39 is 6.03 Å². The third kappa shape index (κ3) is 4.29. The van der Waals surface area contributed by atoms with Gasteiger partial charge in [0.25, 0.3) is 0 Å². The van der Waals surface area contributed by atoms with Gasteiger partial charge in [-0.1, -0.05) is 17.7 Å². The Hall–Kier alpha value is -3.77. The molecule has 4 aromatic rings. The molecular weight excluding hydrogens is 404 g/mol. The fraction of sp³-hybridized carbons (Fsp3) is 0.0435. The van der Waals surface area contributed by atoms with Gasteiger partial charge in [-0.2, -0.15) is 0 Å². The molecule has 7 heteroatoms. The second kappa shape index (κ2) is 8.31. The first-order chi connectivity index (χ1) is 14.5. The average Bonchev–Trinajstić information content (AvgIpc) is 2.74. The van der Waals surface area contributed by atoms with Crippen molar-refractivity contribution < 1.29 is 13.9 Å². The molecular formula is C23H17ClN2O4. The van der Waals surface area contributed by atoms with E-state index in [1.807, 2.05) is 0 Å². The zero-order valence-corrected chi connectivity index (χ0v) is 16.7. The molecule has 0 aliphatic heterocycles. The number of nitrogens with one attached hydrogen (secondary N) is 2. The number of urea groups is 1. The highest BCUT2D eigenvalue weighted by Gasteiger charge is 2.09. The fourth-order valence-corrected chi connectivity index (χ4v) is 3.17. The molecule has 0 atom stereocenters. The van der Waals surface area contributed by atoms with Gasteiger partial charge >= 0.3 is 6.03 Å². The van der Waals surface area contributed by atoms with E-state index >= 15 is 0 Å². The highest BCUT2D eigenvalue weighted by atomic mass is 35.5. The second-order valence-electron chi connectivity index (χ2n) is 6.50. The summed E-state index contributed by atoms with van der Waals surface area (Å²) in [7, 11) is 1.54. The van der Waals surface area contributed by atoms with Crippen LogP contribution in [0.4, 0.5) is 16.2 Å². The van der Waals surface area contributed by atoms with Crippen molar-refractivity contribution in [3.05, 3.63) is 88.0 Å². The number of ether oxygens (including phenoxy) is 1. The summed E-state index contributed by atoms with van der Waals surface area (Å²) in [6.07, 6.45) is 0. The van der Waals surface area contributed by atoms with E-state index in [0.29, 0.717) is 44.4 Å². The van der Waals surface area contributed by atoms with Crippen LogP contribution in [0.25, 0.3) is 22.3 Å². The number of carbonyl (C=O) groups is 1. The number of fused-ring (bicyclic) bond motifs is 1. The standard InChI is InChI=1S/C23H17ClN2O4/c1-29-18-9-10-21-19(12-18)20(27)13-22(30-21)14-5-7-16(8-6-14)25-23(28)26-17-4-2-3-15(24)11-17/h2-13H,1H3,(H2,25,26,28). The first-order valence-electron chi connectivity index (χ1n) is 9.08. The van der Waals surface area contributed by atoms with Crippen LogP contribution in [0.15, 0.2) is 82.0 Å². The van der Waals surface area contributed by atoms with Gasteiger partial charge in [0.2, 0.25) is 0 Å². The maximum absolute atomic E-state index is 12.5. The topological polar surface area (TPSA) is 80.6 Å². The normalized spacial score (nSPS) is 10.6. The molecule has 1 heterocycles. The van der Waals surface area contributed by atoms with Crippen LogP contribution in [0.3, 0.4) is 0 Å². The molecule has 150 valence electrons. The van der Waals surface area contributed by atoms with Crippen LogP contribution in [-0.4, -0.2) is 13.1 Å². The van der Waals surface area contributed by atoms with E-state index in [2.05, 4.69) is 10.6 Å². The van der Waals surface area contributed by atoms with Crippen molar-refractivity contribution in [2.75, 3.05) is 17.7 Å². The van der Waals surface area contributed by atoms with Crippen molar-refractivity contribution in [1.82, 2.24) is 0 Å². The van der Waals surface area contributed by atoms with Gasteiger partial charge in [-0.05, 0) is 60.7 Å². The number of rotatable bonds is 4. The fourth-order valence-electron chi connectivity index (χ4n) is 2.98. The van der Waals surface area contributed by atoms with E-state index in [1.165, 1.54) is 6.07 Å². The number of halogens is 1. The molecule has 1 aromatic heterocycles. The summed E-state index contributed by atoms with van der Waals surface area (Å²) in [6, 6.07) is 20.0. The van der Waals surface area contributed by atoms with Crippen LogP contribution < -0.4 is 20.8 Å². The minimum absolute atomic E-state index is 0.159. The lowest BCUT2D eigenvalue weighted by Crippen LogP contribution is -2.19. The third-order valence-corrected chi connectivity index (χ3v) is 4.68. The average molecular weight is 421 g/mol. The molecule has 0 bridgehead atoms. The van der Waals surface area contributed by atoms with Gasteiger partial charge in [-0.15, -0.1) is 0 Å². The second-order valence-corrected chi connectivity index (χ2v) is 6.94. The van der Waals surface area contributed by atoms with Crippen molar-refractivity contribution in [1.29, 1.82) is 0 Å². The lowest BCUT2D eigenvalue weighted by atomic mass is 10.1. The molecule has 30 heavy (non-hydrogen) atoms. The van der Waals surface area contributed by atoms with Crippen LogP contribution >= 0.6 is 11.6 Å². The van der Waals surface area contributed by atoms with E-state index in [0.717, 1.165) is 0 Å². The van der Waals surface area contributed by atoms with Crippen LogP contribution in [0.1, 0.15) is 0 Å². The monoisotopic (exact) mass is 420 g/mol. The Balaban J connectivity index is 1.52. The molecule has 0 radical (unpaired) electrons. The summed E-state index contributed by atoms with van der Waals surface area (Å²) < 4.78 is 11.0. The molecule has 3 aromatic carbocycles. The van der Waals surface area contributed by atoms with Crippen molar-refractivity contribution in [2.45, 2.75) is 0 Å². The van der Waals surface area contributed by atoms with Crippen LogP contribution in [0, 0.1) is 0 Å². The van der Waals surface area contributed by atoms with Crippen LogP contribution in [0.5, 0.6) is 5.75 Å². The lowest BCUT2D eigenvalue weighted by Gasteiger charge is -2.09. The molecule has 4 rings (SSSR count). The molecule has 0 spiro atoms. The number of amides is 2. The molecule has 2 amide bonds. The van der Waals surface area contributed by atoms with Gasteiger partial charge in [-0.3, -0.25) is 4.79 Å². The molecule has 0 aliphatic rings. The van der Waals surface area contributed by atoms with Crippen molar-refractivity contribution >= 4 is 40.0 Å². The smallest absolute Gasteiger partial charge is 0.323 e. The first-order valence-corrected chi connectivity index (χ1v) is 9.45. The maximum Gasteiger partial charge on any atom is 0.323 e. The van der Waals surface area contributed by atoms with Crippen molar-refractivity contribution in [3.63, 3.8) is 0 Å². The Morgan fingerprint density at radius 3 is 2.43 bits per heavy atom. The predicted octanol–water partition coefficient (Wildman–Crippen LogP) is 5.77. The van der Waals surface area contributed by atoms with Gasteiger partial charge < -0.3 is 19.8 Å². The quantitative estimate of drug-likeness (QED) is 0.439. The van der Waals surface area contributed by atoms with Crippen molar-refractivity contribution in [3.8, 4) is 17.1 Å². The first kappa shape index (κ1) is 19.5. The summed E-state index contributed by atoms with van der Waals surface area (Å²) in [4.78, 5) is 24.6. The molecule has 0 fully saturated rings. The van der Waals surface area contributed by atoms with E-state index in [1.54, 1.807) is 73.8 Å². The predicted molar refractivity (Wildman–Crippen MR) is 119 cm³/mol. The maximum atomic E-state index is 12.5. The van der Waals surface area contributed by atoms with E-state index in [9.17, 15) is 9.59 Å². The minimum Gasteiger partial charge on any atom is -0.497 e. The molecule has 0 saturated carbocycles. The lowest BCUT2D eigenvalue weighted by molar-refractivity contribution is 0.262. The Labute approximate surface area is 177 Å². The number of carbonyl (C=O) groups excluding carboxylic acids is 1. The van der Waals surface area contributed by atoms with Gasteiger partial charge in [0.15, 0.2) is 5.43 Å². The van der Waals surface area contributed by atoms with E-state index in [-0.39, 0.29) is 5.43 Å². The van der Waals surface area contributed by atoms with Crippen molar-refractivity contribution in [2.24, 2.45) is 0 Å². The Morgan fingerprint density at radius 2 is 1.70 bits per heavy atom. The highest BCUT2D eigenvalue weighted by molar-refractivity contribution is 6.30. The summed E-state index contributed by atoms with van der Waals surface area (Å²) in [5, 5.41) is 6.44. The zero-order chi connectivity index (χ0) is 21.1. The molecule has 2 N–H and O–H groups in total.